The fraction of sp³-hybridized carbons (Fsp3) is 0.464. The number of carbonyl (C=O) groups excluding carboxylic acids is 2. The molecule has 0 fully saturated rings. The van der Waals surface area contributed by atoms with Crippen LogP contribution in [0.15, 0.2) is 42.5 Å². The molecule has 0 aromatic heterocycles. The Morgan fingerprint density at radius 1 is 1.11 bits per heavy atom. The van der Waals surface area contributed by atoms with Crippen molar-refractivity contribution in [2.75, 3.05) is 18.4 Å². The second-order valence-electron chi connectivity index (χ2n) is 8.91. The molecule has 2 rings (SSSR count). The molecule has 0 bridgehead atoms. The summed E-state index contributed by atoms with van der Waals surface area (Å²) in [5.74, 6) is 1.21. The van der Waals surface area contributed by atoms with Crippen LogP contribution in [0.2, 0.25) is 5.02 Å². The van der Waals surface area contributed by atoms with E-state index in [2.05, 4.69) is 5.32 Å². The number of unbranched alkanes of at least 4 members (excludes halogenated alkanes) is 3. The Morgan fingerprint density at radius 2 is 1.80 bits per heavy atom. The number of nitrogens with zero attached hydrogens (tertiary/aromatic N) is 1. The quantitative estimate of drug-likeness (QED) is 0.197. The third-order valence-corrected chi connectivity index (χ3v) is 6.16. The van der Waals surface area contributed by atoms with Crippen molar-refractivity contribution in [3.8, 4) is 0 Å². The van der Waals surface area contributed by atoms with Crippen molar-refractivity contribution in [3.63, 3.8) is 0 Å². The summed E-state index contributed by atoms with van der Waals surface area (Å²) < 4.78 is 5.53. The SMILES string of the molecule is [B]=CCCCCCN(CC(=O)OCc1ccccc1)C(CCC)C(=O)Nc1c(C)cc(Cl)cc1C. The number of hydrogen-bond donors (Lipinski definition) is 1. The van der Waals surface area contributed by atoms with Gasteiger partial charge >= 0.3 is 143 Å². The van der Waals surface area contributed by atoms with Crippen molar-refractivity contribution < 1.29 is 14.3 Å². The Balaban J connectivity index is 2.14. The molecule has 0 aliphatic rings. The number of anilines is 1. The van der Waals surface area contributed by atoms with E-state index in [0.717, 1.165) is 54.5 Å². The van der Waals surface area contributed by atoms with E-state index in [-0.39, 0.29) is 25.0 Å². The molecule has 1 amide bonds. The van der Waals surface area contributed by atoms with Crippen LogP contribution in [0.5, 0.6) is 0 Å². The smallest absolute Gasteiger partial charge is 0.0843 e. The molecule has 0 aliphatic heterocycles. The second-order valence-corrected chi connectivity index (χ2v) is 9.35. The van der Waals surface area contributed by atoms with Gasteiger partial charge in [0, 0.05) is 5.02 Å². The molecule has 1 N–H and O–H groups in total. The standard InChI is InChI=1S/C28H37BClN2O3/c1-4-12-25(28(34)31-27-21(2)17-24(30)18-22(27)3)32(16-11-6-5-10-15-29)19-26(33)35-20-23-13-8-7-9-14-23/h7-9,13-15,17-18,25H,4-6,10-12,16,19-20H2,1-3H3,(H,31,34). The van der Waals surface area contributed by atoms with E-state index < -0.39 is 6.04 Å². The summed E-state index contributed by atoms with van der Waals surface area (Å²) in [6.07, 6.45) is 5.13. The first kappa shape index (κ1) is 28.8. The maximum absolute atomic E-state index is 13.5. The van der Waals surface area contributed by atoms with Crippen molar-refractivity contribution in [2.24, 2.45) is 0 Å². The Kier molecular flexibility index (Phi) is 12.8. The molecule has 35 heavy (non-hydrogen) atoms. The van der Waals surface area contributed by atoms with Gasteiger partial charge in [-0.25, -0.2) is 0 Å². The third kappa shape index (κ3) is 9.99. The molecule has 7 heteroatoms. The number of halogens is 1. The van der Waals surface area contributed by atoms with E-state index in [1.807, 2.05) is 68.1 Å². The van der Waals surface area contributed by atoms with Gasteiger partial charge in [0.1, 0.15) is 0 Å². The minimum absolute atomic E-state index is 0.0620. The van der Waals surface area contributed by atoms with Gasteiger partial charge in [0.2, 0.25) is 0 Å². The van der Waals surface area contributed by atoms with Gasteiger partial charge in [-0.1, -0.05) is 41.9 Å². The minimum Gasteiger partial charge on any atom is -0.0843 e. The Hall–Kier alpha value is -2.44. The average Bonchev–Trinajstić information content (AvgIpc) is 2.83. The summed E-state index contributed by atoms with van der Waals surface area (Å²) in [6, 6.07) is 12.8. The van der Waals surface area contributed by atoms with E-state index >= 15 is 0 Å². The fourth-order valence-corrected chi connectivity index (χ4v) is 4.44. The number of nitrogens with one attached hydrogen (secondary N) is 1. The van der Waals surface area contributed by atoms with Crippen LogP contribution in [0.25, 0.3) is 0 Å². The molecule has 0 heterocycles. The van der Waals surface area contributed by atoms with Crippen LogP contribution in [-0.2, 0) is 20.9 Å². The number of hydrogen-bond acceptors (Lipinski definition) is 4. The normalized spacial score (nSPS) is 11.8. The average molecular weight is 496 g/mol. The predicted molar refractivity (Wildman–Crippen MR) is 146 cm³/mol. The van der Waals surface area contributed by atoms with Gasteiger partial charge in [-0.2, -0.15) is 0 Å². The Labute approximate surface area is 216 Å². The van der Waals surface area contributed by atoms with Crippen LogP contribution in [-0.4, -0.2) is 49.4 Å². The monoisotopic (exact) mass is 495 g/mol. The first-order valence-electron chi connectivity index (χ1n) is 12.4. The minimum atomic E-state index is -0.445. The van der Waals surface area contributed by atoms with E-state index in [9.17, 15) is 9.59 Å². The zero-order valence-corrected chi connectivity index (χ0v) is 21.9. The summed E-state index contributed by atoms with van der Waals surface area (Å²) >= 11 is 6.16. The fourth-order valence-electron chi connectivity index (χ4n) is 4.12. The number of ether oxygens (including phenoxy) is 1. The predicted octanol–water partition coefficient (Wildman–Crippen LogP) is 5.64. The first-order chi connectivity index (χ1) is 16.8. The summed E-state index contributed by atoms with van der Waals surface area (Å²) in [7, 11) is 5.49. The molecule has 5 nitrogen and oxygen atoms in total. The number of esters is 1. The van der Waals surface area contributed by atoms with Crippen molar-refractivity contribution in [2.45, 2.75) is 71.9 Å². The number of amides is 1. The Morgan fingerprint density at radius 3 is 2.43 bits per heavy atom. The number of carbonyl (C=O) groups is 2. The van der Waals surface area contributed by atoms with Gasteiger partial charge in [-0.15, -0.1) is 0 Å². The molecule has 1 atom stereocenters. The van der Waals surface area contributed by atoms with E-state index in [0.29, 0.717) is 18.0 Å². The molecule has 0 saturated heterocycles. The van der Waals surface area contributed by atoms with Crippen LogP contribution >= 0.6 is 11.6 Å². The second kappa shape index (κ2) is 15.5. The van der Waals surface area contributed by atoms with Crippen LogP contribution < -0.4 is 5.32 Å². The van der Waals surface area contributed by atoms with Gasteiger partial charge in [0.25, 0.3) is 0 Å². The van der Waals surface area contributed by atoms with Crippen LogP contribution in [0.4, 0.5) is 5.69 Å². The van der Waals surface area contributed by atoms with E-state index in [1.165, 1.54) is 0 Å². The molecule has 2 aromatic carbocycles. The molecule has 1 unspecified atom stereocenters. The molecular weight excluding hydrogens is 459 g/mol. The van der Waals surface area contributed by atoms with Crippen LogP contribution in [0.1, 0.15) is 62.1 Å². The van der Waals surface area contributed by atoms with Crippen molar-refractivity contribution in [1.82, 2.24) is 4.90 Å². The van der Waals surface area contributed by atoms with Gasteiger partial charge in [-0.3, -0.25) is 0 Å². The third-order valence-electron chi connectivity index (χ3n) is 5.94. The van der Waals surface area contributed by atoms with Gasteiger partial charge in [0.15, 0.2) is 0 Å². The number of aryl methyl sites for hydroxylation is 2. The molecule has 0 spiro atoms. The van der Waals surface area contributed by atoms with Crippen LogP contribution in [0, 0.1) is 13.8 Å². The summed E-state index contributed by atoms with van der Waals surface area (Å²) in [4.78, 5) is 28.2. The van der Waals surface area contributed by atoms with Crippen molar-refractivity contribution in [3.05, 3.63) is 64.2 Å². The number of benzene rings is 2. The van der Waals surface area contributed by atoms with Crippen molar-refractivity contribution in [1.29, 1.82) is 0 Å². The first-order valence-corrected chi connectivity index (χ1v) is 12.8. The van der Waals surface area contributed by atoms with Gasteiger partial charge in [0.05, 0.1) is 0 Å². The molecular formula is C28H37BClN2O3. The maximum atomic E-state index is 13.5. The molecule has 0 aliphatic carbocycles. The van der Waals surface area contributed by atoms with E-state index in [1.54, 1.807) is 5.97 Å². The Bertz CT molecular complexity index is 945. The van der Waals surface area contributed by atoms with Crippen LogP contribution in [0.3, 0.4) is 0 Å². The molecule has 0 saturated carbocycles. The van der Waals surface area contributed by atoms with Crippen molar-refractivity contribution >= 4 is 42.6 Å². The molecule has 2 aromatic rings. The van der Waals surface area contributed by atoms with Gasteiger partial charge < -0.3 is 0 Å². The molecule has 1 radical (unpaired) electrons. The zero-order chi connectivity index (χ0) is 25.6. The van der Waals surface area contributed by atoms with E-state index in [4.69, 9.17) is 23.8 Å². The summed E-state index contributed by atoms with van der Waals surface area (Å²) in [6.45, 7) is 6.80. The van der Waals surface area contributed by atoms with Gasteiger partial charge in [-0.05, 0) is 26.0 Å². The summed E-state index contributed by atoms with van der Waals surface area (Å²) in [5.41, 5.74) is 3.52. The zero-order valence-electron chi connectivity index (χ0n) is 21.2. The number of rotatable bonds is 15. The molecule has 187 valence electrons. The topological polar surface area (TPSA) is 58.6 Å². The summed E-state index contributed by atoms with van der Waals surface area (Å²) in [5, 5.41) is 3.74.